The van der Waals surface area contributed by atoms with E-state index in [-0.39, 0.29) is 36.6 Å². The Morgan fingerprint density at radius 1 is 1.14 bits per heavy atom. The monoisotopic (exact) mass is 412 g/mol. The first-order valence-corrected chi connectivity index (χ1v) is 9.92. The summed E-state index contributed by atoms with van der Waals surface area (Å²) < 4.78 is 5.13. The first kappa shape index (κ1) is 19.5. The van der Waals surface area contributed by atoms with Crippen molar-refractivity contribution in [2.75, 3.05) is 12.0 Å². The molecule has 3 amide bonds. The highest BCUT2D eigenvalue weighted by molar-refractivity contribution is 6.31. The van der Waals surface area contributed by atoms with E-state index >= 15 is 0 Å². The number of hydrogen-bond acceptors (Lipinski definition) is 4. The van der Waals surface area contributed by atoms with Crippen LogP contribution in [0.4, 0.5) is 5.69 Å². The molecule has 1 aliphatic carbocycles. The molecule has 1 unspecified atom stereocenters. The van der Waals surface area contributed by atoms with Gasteiger partial charge in [0, 0.05) is 17.5 Å². The van der Waals surface area contributed by atoms with Crippen LogP contribution in [0.2, 0.25) is 5.02 Å². The van der Waals surface area contributed by atoms with E-state index < -0.39 is 6.04 Å². The van der Waals surface area contributed by atoms with Gasteiger partial charge in [-0.1, -0.05) is 29.8 Å². The lowest BCUT2D eigenvalue weighted by Crippen LogP contribution is -2.45. The largest absolute Gasteiger partial charge is 0.497 e. The number of benzene rings is 2. The van der Waals surface area contributed by atoms with E-state index in [0.29, 0.717) is 16.5 Å². The van der Waals surface area contributed by atoms with Crippen LogP contribution in [-0.2, 0) is 20.9 Å². The molecule has 0 spiro atoms. The molecule has 2 fully saturated rings. The fourth-order valence-electron chi connectivity index (χ4n) is 3.58. The zero-order valence-corrected chi connectivity index (χ0v) is 16.8. The lowest BCUT2D eigenvalue weighted by molar-refractivity contribution is -0.140. The standard InChI is InChI=1S/C22H21ClN2O4/c1-29-17-10-8-16(9-11-17)25-20(26)12-19(22(25)28)24(21(27)14-6-7-14)13-15-4-2-3-5-18(15)23/h2-5,8-11,14,19H,6-7,12-13H2,1H3. The molecule has 1 aliphatic heterocycles. The Bertz CT molecular complexity index is 956. The van der Waals surface area contributed by atoms with Gasteiger partial charge in [-0.05, 0) is 48.7 Å². The molecule has 0 radical (unpaired) electrons. The molecular weight excluding hydrogens is 392 g/mol. The summed E-state index contributed by atoms with van der Waals surface area (Å²) in [4.78, 5) is 41.5. The molecule has 0 N–H and O–H groups in total. The summed E-state index contributed by atoms with van der Waals surface area (Å²) in [5, 5.41) is 0.532. The zero-order valence-electron chi connectivity index (χ0n) is 16.0. The molecule has 7 heteroatoms. The number of rotatable bonds is 6. The molecule has 1 saturated carbocycles. The summed E-state index contributed by atoms with van der Waals surface area (Å²) in [7, 11) is 1.55. The number of carbonyl (C=O) groups is 3. The molecule has 0 aromatic heterocycles. The van der Waals surface area contributed by atoms with Crippen LogP contribution in [0, 0.1) is 5.92 Å². The Morgan fingerprint density at radius 2 is 1.83 bits per heavy atom. The number of carbonyl (C=O) groups excluding carboxylic acids is 3. The fourth-order valence-corrected chi connectivity index (χ4v) is 3.77. The molecular formula is C22H21ClN2O4. The Balaban J connectivity index is 1.62. The van der Waals surface area contributed by atoms with Crippen LogP contribution in [0.15, 0.2) is 48.5 Å². The van der Waals surface area contributed by atoms with Gasteiger partial charge in [0.15, 0.2) is 0 Å². The maximum atomic E-state index is 13.2. The van der Waals surface area contributed by atoms with Crippen molar-refractivity contribution in [3.63, 3.8) is 0 Å². The minimum atomic E-state index is -0.825. The maximum absolute atomic E-state index is 13.2. The molecule has 1 saturated heterocycles. The average Bonchev–Trinajstić information content (AvgIpc) is 3.53. The molecule has 0 bridgehead atoms. The third-order valence-electron chi connectivity index (χ3n) is 5.34. The summed E-state index contributed by atoms with van der Waals surface area (Å²) in [5.41, 5.74) is 1.23. The average molecular weight is 413 g/mol. The van der Waals surface area contributed by atoms with Crippen LogP contribution in [0.1, 0.15) is 24.8 Å². The third kappa shape index (κ3) is 3.85. The lowest BCUT2D eigenvalue weighted by Gasteiger charge is -2.28. The van der Waals surface area contributed by atoms with Crippen molar-refractivity contribution >= 4 is 35.0 Å². The number of amides is 3. The van der Waals surface area contributed by atoms with Crippen molar-refractivity contribution in [3.8, 4) is 5.75 Å². The minimum Gasteiger partial charge on any atom is -0.497 e. The maximum Gasteiger partial charge on any atom is 0.257 e. The number of ether oxygens (including phenoxy) is 1. The molecule has 1 heterocycles. The summed E-state index contributed by atoms with van der Waals surface area (Å²) in [6.07, 6.45) is 1.59. The minimum absolute atomic E-state index is 0.0340. The highest BCUT2D eigenvalue weighted by Gasteiger charge is 2.46. The van der Waals surface area contributed by atoms with Crippen molar-refractivity contribution in [1.29, 1.82) is 0 Å². The van der Waals surface area contributed by atoms with E-state index in [1.54, 1.807) is 37.4 Å². The number of hydrogen-bond donors (Lipinski definition) is 0. The first-order valence-electron chi connectivity index (χ1n) is 9.54. The van der Waals surface area contributed by atoms with E-state index in [4.69, 9.17) is 16.3 Å². The van der Waals surface area contributed by atoms with Crippen LogP contribution >= 0.6 is 11.6 Å². The van der Waals surface area contributed by atoms with Gasteiger partial charge in [-0.15, -0.1) is 0 Å². The molecule has 4 rings (SSSR count). The van der Waals surface area contributed by atoms with E-state index in [9.17, 15) is 14.4 Å². The van der Waals surface area contributed by atoms with Crippen LogP contribution < -0.4 is 9.64 Å². The van der Waals surface area contributed by atoms with Gasteiger partial charge in [0.1, 0.15) is 11.8 Å². The van der Waals surface area contributed by atoms with Gasteiger partial charge in [-0.25, -0.2) is 4.90 Å². The second kappa shape index (κ2) is 7.87. The number of methoxy groups -OCH3 is 1. The number of imide groups is 1. The smallest absolute Gasteiger partial charge is 0.257 e. The second-order valence-electron chi connectivity index (χ2n) is 7.32. The number of anilines is 1. The third-order valence-corrected chi connectivity index (χ3v) is 5.71. The van der Waals surface area contributed by atoms with Crippen LogP contribution in [0.5, 0.6) is 5.75 Å². The summed E-state index contributed by atoms with van der Waals surface area (Å²) in [5.74, 6) is -0.240. The quantitative estimate of drug-likeness (QED) is 0.682. The molecule has 29 heavy (non-hydrogen) atoms. The van der Waals surface area contributed by atoms with Crippen LogP contribution in [0.25, 0.3) is 0 Å². The van der Waals surface area contributed by atoms with Crippen molar-refractivity contribution in [3.05, 3.63) is 59.1 Å². The molecule has 2 aliphatic rings. The van der Waals surface area contributed by atoms with Crippen LogP contribution in [-0.4, -0.2) is 35.8 Å². The normalized spacial score (nSPS) is 18.8. The topological polar surface area (TPSA) is 66.9 Å². The van der Waals surface area contributed by atoms with E-state index in [1.807, 2.05) is 18.2 Å². The Morgan fingerprint density at radius 3 is 2.45 bits per heavy atom. The zero-order chi connectivity index (χ0) is 20.5. The van der Waals surface area contributed by atoms with Gasteiger partial charge in [-0.2, -0.15) is 0 Å². The molecule has 1 atom stereocenters. The van der Waals surface area contributed by atoms with Gasteiger partial charge in [0.25, 0.3) is 5.91 Å². The molecule has 2 aromatic rings. The SMILES string of the molecule is COc1ccc(N2C(=O)CC(N(Cc3ccccc3Cl)C(=O)C3CC3)C2=O)cc1. The van der Waals surface area contributed by atoms with Crippen LogP contribution in [0.3, 0.4) is 0 Å². The Labute approximate surface area is 174 Å². The number of halogens is 1. The van der Waals surface area contributed by atoms with Gasteiger partial charge < -0.3 is 9.64 Å². The van der Waals surface area contributed by atoms with E-state index in [1.165, 1.54) is 4.90 Å². The fraction of sp³-hybridized carbons (Fsp3) is 0.318. The highest BCUT2D eigenvalue weighted by atomic mass is 35.5. The second-order valence-corrected chi connectivity index (χ2v) is 7.72. The molecule has 150 valence electrons. The molecule has 6 nitrogen and oxygen atoms in total. The highest BCUT2D eigenvalue weighted by Crippen LogP contribution is 2.35. The predicted molar refractivity (Wildman–Crippen MR) is 109 cm³/mol. The van der Waals surface area contributed by atoms with Crippen molar-refractivity contribution in [2.45, 2.75) is 31.8 Å². The summed E-state index contributed by atoms with van der Waals surface area (Å²) >= 11 is 6.28. The first-order chi connectivity index (χ1) is 14.0. The van der Waals surface area contributed by atoms with Gasteiger partial charge >= 0.3 is 0 Å². The predicted octanol–water partition coefficient (Wildman–Crippen LogP) is 3.42. The summed E-state index contributed by atoms with van der Waals surface area (Å²) in [6, 6.07) is 13.1. The van der Waals surface area contributed by atoms with Gasteiger partial charge in [0.05, 0.1) is 19.2 Å². The van der Waals surface area contributed by atoms with Crippen molar-refractivity contribution in [2.24, 2.45) is 5.92 Å². The van der Waals surface area contributed by atoms with Gasteiger partial charge in [0.2, 0.25) is 11.8 Å². The molecule has 2 aromatic carbocycles. The van der Waals surface area contributed by atoms with Crippen molar-refractivity contribution in [1.82, 2.24) is 4.90 Å². The van der Waals surface area contributed by atoms with E-state index in [0.717, 1.165) is 23.3 Å². The Hall–Kier alpha value is -2.86. The Kier molecular flexibility index (Phi) is 5.28. The lowest BCUT2D eigenvalue weighted by atomic mass is 10.1. The van der Waals surface area contributed by atoms with E-state index in [2.05, 4.69) is 0 Å². The van der Waals surface area contributed by atoms with Crippen molar-refractivity contribution < 1.29 is 19.1 Å². The number of nitrogens with zero attached hydrogens (tertiary/aromatic N) is 2. The summed E-state index contributed by atoms with van der Waals surface area (Å²) in [6.45, 7) is 0.204. The van der Waals surface area contributed by atoms with Gasteiger partial charge in [-0.3, -0.25) is 14.4 Å².